The second-order valence-electron chi connectivity index (χ2n) is 3.38. The first-order valence-corrected chi connectivity index (χ1v) is 5.84. The Labute approximate surface area is 99.5 Å². The molecule has 88 valence electrons. The molecule has 0 bridgehead atoms. The molecule has 3 N–H and O–H groups in total. The topological polar surface area (TPSA) is 64.3 Å². The third-order valence-corrected chi connectivity index (χ3v) is 3.11. The molecule has 1 aromatic rings. The fourth-order valence-corrected chi connectivity index (χ4v) is 2.31. The molecule has 0 spiro atoms. The lowest BCUT2D eigenvalue weighted by Gasteiger charge is -2.10. The van der Waals surface area contributed by atoms with Crippen molar-refractivity contribution in [2.45, 2.75) is 23.5 Å². The molecule has 0 aliphatic heterocycles. The highest BCUT2D eigenvalue weighted by Gasteiger charge is 2.09. The summed E-state index contributed by atoms with van der Waals surface area (Å²) < 4.78 is 5.13. The van der Waals surface area contributed by atoms with Crippen molar-refractivity contribution in [3.8, 4) is 5.75 Å². The van der Waals surface area contributed by atoms with E-state index in [1.54, 1.807) is 18.9 Å². The summed E-state index contributed by atoms with van der Waals surface area (Å²) in [4.78, 5) is 12.1. The van der Waals surface area contributed by atoms with Crippen LogP contribution in [-0.4, -0.2) is 18.3 Å². The van der Waals surface area contributed by atoms with Crippen molar-refractivity contribution in [1.29, 1.82) is 0 Å². The zero-order valence-corrected chi connectivity index (χ0v) is 10.2. The van der Waals surface area contributed by atoms with Crippen LogP contribution in [0.5, 0.6) is 5.75 Å². The number of nitrogens with two attached hydrogens (primary N) is 1. The van der Waals surface area contributed by atoms with E-state index in [-0.39, 0.29) is 11.2 Å². The minimum Gasteiger partial charge on any atom is -0.497 e. The quantitative estimate of drug-likeness (QED) is 0.355. The Morgan fingerprint density at radius 1 is 1.62 bits per heavy atom. The van der Waals surface area contributed by atoms with Crippen LogP contribution >= 0.6 is 11.8 Å². The van der Waals surface area contributed by atoms with Crippen molar-refractivity contribution in [3.05, 3.63) is 24.3 Å². The zero-order valence-electron chi connectivity index (χ0n) is 9.40. The number of carbonyl (C=O) groups excluding carboxylic acids is 1. The van der Waals surface area contributed by atoms with Gasteiger partial charge in [-0.1, -0.05) is 13.0 Å². The van der Waals surface area contributed by atoms with E-state index in [2.05, 4.69) is 5.43 Å². The van der Waals surface area contributed by atoms with Gasteiger partial charge in [0.05, 0.1) is 7.11 Å². The Hall–Kier alpha value is -1.20. The van der Waals surface area contributed by atoms with E-state index in [4.69, 9.17) is 10.6 Å². The molecule has 0 aromatic heterocycles. The van der Waals surface area contributed by atoms with E-state index in [1.807, 2.05) is 31.2 Å². The van der Waals surface area contributed by atoms with Gasteiger partial charge in [0.2, 0.25) is 5.91 Å². The Morgan fingerprint density at radius 2 is 2.38 bits per heavy atom. The number of hydrazine groups is 1. The lowest BCUT2D eigenvalue weighted by molar-refractivity contribution is -0.121. The van der Waals surface area contributed by atoms with Crippen LogP contribution < -0.4 is 16.0 Å². The molecule has 16 heavy (non-hydrogen) atoms. The smallest absolute Gasteiger partial charge is 0.234 e. The van der Waals surface area contributed by atoms with Crippen molar-refractivity contribution in [1.82, 2.24) is 5.43 Å². The van der Waals surface area contributed by atoms with Crippen molar-refractivity contribution in [2.24, 2.45) is 5.84 Å². The van der Waals surface area contributed by atoms with Gasteiger partial charge in [0.1, 0.15) is 5.75 Å². The zero-order chi connectivity index (χ0) is 12.0. The van der Waals surface area contributed by atoms with Crippen molar-refractivity contribution in [3.63, 3.8) is 0 Å². The molecule has 1 rings (SSSR count). The van der Waals surface area contributed by atoms with Crippen LogP contribution in [0.2, 0.25) is 0 Å². The van der Waals surface area contributed by atoms with Gasteiger partial charge in [0.15, 0.2) is 0 Å². The fraction of sp³-hybridized carbons (Fsp3) is 0.364. The first-order valence-electron chi connectivity index (χ1n) is 4.96. The van der Waals surface area contributed by atoms with Crippen LogP contribution in [0.25, 0.3) is 0 Å². The van der Waals surface area contributed by atoms with Crippen LogP contribution in [0.3, 0.4) is 0 Å². The highest BCUT2D eigenvalue weighted by molar-refractivity contribution is 8.00. The summed E-state index contributed by atoms with van der Waals surface area (Å²) in [7, 11) is 1.63. The SMILES string of the molecule is COc1cccc(SC(C)CC(=O)NN)c1. The van der Waals surface area contributed by atoms with Gasteiger partial charge in [0, 0.05) is 16.6 Å². The third kappa shape index (κ3) is 4.12. The molecular formula is C11H16N2O2S. The Bertz CT molecular complexity index is 358. The van der Waals surface area contributed by atoms with Crippen LogP contribution in [0.1, 0.15) is 13.3 Å². The maximum atomic E-state index is 11.1. The number of thioether (sulfide) groups is 1. The van der Waals surface area contributed by atoms with Crippen molar-refractivity contribution >= 4 is 17.7 Å². The summed E-state index contributed by atoms with van der Waals surface area (Å²) in [5.74, 6) is 5.70. The highest BCUT2D eigenvalue weighted by atomic mass is 32.2. The number of methoxy groups -OCH3 is 1. The molecule has 1 atom stereocenters. The van der Waals surface area contributed by atoms with Crippen LogP contribution in [-0.2, 0) is 4.79 Å². The van der Waals surface area contributed by atoms with Gasteiger partial charge in [0.25, 0.3) is 0 Å². The number of hydrogen-bond donors (Lipinski definition) is 2. The summed E-state index contributed by atoms with van der Waals surface area (Å²) in [5.41, 5.74) is 2.13. The van der Waals surface area contributed by atoms with Crippen LogP contribution in [0, 0.1) is 0 Å². The molecule has 0 aliphatic rings. The van der Waals surface area contributed by atoms with Gasteiger partial charge in [-0.15, -0.1) is 11.8 Å². The second kappa shape index (κ2) is 6.40. The number of benzene rings is 1. The fourth-order valence-electron chi connectivity index (χ4n) is 1.27. The average molecular weight is 240 g/mol. The maximum absolute atomic E-state index is 11.1. The molecule has 0 heterocycles. The summed E-state index contributed by atoms with van der Waals surface area (Å²) >= 11 is 1.62. The lowest BCUT2D eigenvalue weighted by atomic mass is 10.3. The maximum Gasteiger partial charge on any atom is 0.234 e. The number of carbonyl (C=O) groups is 1. The molecule has 0 saturated heterocycles. The van der Waals surface area contributed by atoms with Crippen LogP contribution in [0.15, 0.2) is 29.2 Å². The molecule has 0 fully saturated rings. The predicted molar refractivity (Wildman–Crippen MR) is 65.3 cm³/mol. The first kappa shape index (κ1) is 12.9. The van der Waals surface area contributed by atoms with E-state index >= 15 is 0 Å². The summed E-state index contributed by atoms with van der Waals surface area (Å²) in [6.45, 7) is 1.99. The molecule has 0 aliphatic carbocycles. The molecule has 4 nitrogen and oxygen atoms in total. The minimum atomic E-state index is -0.150. The highest BCUT2D eigenvalue weighted by Crippen LogP contribution is 2.27. The number of nitrogens with one attached hydrogen (secondary N) is 1. The Morgan fingerprint density at radius 3 is 3.00 bits per heavy atom. The van der Waals surface area contributed by atoms with Gasteiger partial charge >= 0.3 is 0 Å². The summed E-state index contributed by atoms with van der Waals surface area (Å²) in [6.07, 6.45) is 0.401. The standard InChI is InChI=1S/C11H16N2O2S/c1-8(6-11(14)13-12)16-10-5-3-4-9(7-10)15-2/h3-5,7-8H,6,12H2,1-2H3,(H,13,14). The molecule has 1 amide bonds. The largest absolute Gasteiger partial charge is 0.497 e. The van der Waals surface area contributed by atoms with Gasteiger partial charge in [-0.2, -0.15) is 0 Å². The van der Waals surface area contributed by atoms with E-state index in [9.17, 15) is 4.79 Å². The van der Waals surface area contributed by atoms with Gasteiger partial charge in [-0.05, 0) is 18.2 Å². The molecule has 1 aromatic carbocycles. The van der Waals surface area contributed by atoms with Crippen LogP contribution in [0.4, 0.5) is 0 Å². The summed E-state index contributed by atoms with van der Waals surface area (Å²) in [5, 5.41) is 0.177. The molecule has 1 unspecified atom stereocenters. The van der Waals surface area contributed by atoms with Gasteiger partial charge in [-0.3, -0.25) is 10.2 Å². The van der Waals surface area contributed by atoms with Crippen molar-refractivity contribution < 1.29 is 9.53 Å². The van der Waals surface area contributed by atoms with Gasteiger partial charge in [-0.25, -0.2) is 5.84 Å². The van der Waals surface area contributed by atoms with Crippen molar-refractivity contribution in [2.75, 3.05) is 7.11 Å². The van der Waals surface area contributed by atoms with E-state index in [1.165, 1.54) is 0 Å². The number of amides is 1. The average Bonchev–Trinajstić information content (AvgIpc) is 2.28. The monoisotopic (exact) mass is 240 g/mol. The minimum absolute atomic E-state index is 0.150. The molecule has 0 saturated carbocycles. The number of ether oxygens (including phenoxy) is 1. The van der Waals surface area contributed by atoms with Gasteiger partial charge < -0.3 is 4.74 Å². The second-order valence-corrected chi connectivity index (χ2v) is 4.89. The molecule has 0 radical (unpaired) electrons. The van der Waals surface area contributed by atoms with E-state index in [0.29, 0.717) is 6.42 Å². The number of hydrogen-bond acceptors (Lipinski definition) is 4. The Kier molecular flexibility index (Phi) is 5.14. The van der Waals surface area contributed by atoms with E-state index in [0.717, 1.165) is 10.6 Å². The normalized spacial score (nSPS) is 11.9. The first-order chi connectivity index (χ1) is 7.65. The lowest BCUT2D eigenvalue weighted by Crippen LogP contribution is -2.31. The Balaban J connectivity index is 2.55. The summed E-state index contributed by atoms with van der Waals surface area (Å²) in [6, 6.07) is 7.75. The molecular weight excluding hydrogens is 224 g/mol. The number of rotatable bonds is 5. The van der Waals surface area contributed by atoms with E-state index < -0.39 is 0 Å². The third-order valence-electron chi connectivity index (χ3n) is 2.01. The molecule has 5 heteroatoms. The predicted octanol–water partition coefficient (Wildman–Crippen LogP) is 1.56.